The van der Waals surface area contributed by atoms with E-state index in [1.54, 1.807) is 0 Å². The van der Waals surface area contributed by atoms with Crippen LogP contribution < -0.4 is 0 Å². The Balaban J connectivity index is 2.42. The third kappa shape index (κ3) is 2.51. The summed E-state index contributed by atoms with van der Waals surface area (Å²) < 4.78 is 0.0174. The van der Waals surface area contributed by atoms with Gasteiger partial charge in [-0.25, -0.2) is 0 Å². The van der Waals surface area contributed by atoms with Crippen molar-refractivity contribution >= 4 is 47.8 Å². The molecule has 0 amide bonds. The molecule has 0 aromatic carbocycles. The fourth-order valence-corrected chi connectivity index (χ4v) is 2.63. The lowest BCUT2D eigenvalue weighted by Gasteiger charge is -2.19. The molecule has 0 bridgehead atoms. The average molecular weight is 321 g/mol. The van der Waals surface area contributed by atoms with Crippen LogP contribution in [0.3, 0.4) is 0 Å². The van der Waals surface area contributed by atoms with Crippen LogP contribution in [0.25, 0.3) is 0 Å². The normalized spacial score (nSPS) is 23.0. The Morgan fingerprint density at radius 1 is 1.00 bits per heavy atom. The van der Waals surface area contributed by atoms with Gasteiger partial charge in [0.2, 0.25) is 0 Å². The Morgan fingerprint density at radius 3 is 1.67 bits per heavy atom. The highest BCUT2D eigenvalue weighted by molar-refractivity contribution is 9.39. The van der Waals surface area contributed by atoms with E-state index in [2.05, 4.69) is 47.8 Å². The molecule has 1 aliphatic rings. The second-order valence-electron chi connectivity index (χ2n) is 2.52. The standard InChI is InChI=1S/C6H9Br3/c7-6(8,9)5-3-1-2-4-5/h5H,1-4H2. The highest BCUT2D eigenvalue weighted by atomic mass is 80.0. The summed E-state index contributed by atoms with van der Waals surface area (Å²) >= 11 is 10.6. The van der Waals surface area contributed by atoms with Crippen molar-refractivity contribution in [2.24, 2.45) is 5.92 Å². The lowest BCUT2D eigenvalue weighted by atomic mass is 10.1. The van der Waals surface area contributed by atoms with Crippen LogP contribution in [0.5, 0.6) is 0 Å². The average Bonchev–Trinajstić information content (AvgIpc) is 2.08. The van der Waals surface area contributed by atoms with Gasteiger partial charge in [-0.05, 0) is 18.8 Å². The molecular formula is C6H9Br3. The predicted octanol–water partition coefficient (Wildman–Crippen LogP) is 4.02. The molecule has 0 aromatic heterocycles. The van der Waals surface area contributed by atoms with Crippen LogP contribution in [0.4, 0.5) is 0 Å². The van der Waals surface area contributed by atoms with Gasteiger partial charge in [0.05, 0.1) is 0 Å². The van der Waals surface area contributed by atoms with Gasteiger partial charge in [-0.3, -0.25) is 0 Å². The van der Waals surface area contributed by atoms with Gasteiger partial charge in [-0.2, -0.15) is 0 Å². The number of hydrogen-bond donors (Lipinski definition) is 0. The maximum atomic E-state index is 3.54. The Labute approximate surface area is 81.2 Å². The molecule has 1 aliphatic carbocycles. The van der Waals surface area contributed by atoms with Crippen molar-refractivity contribution < 1.29 is 0 Å². The van der Waals surface area contributed by atoms with Crippen LogP contribution in [0.15, 0.2) is 0 Å². The van der Waals surface area contributed by atoms with Crippen molar-refractivity contribution in [1.82, 2.24) is 0 Å². The fraction of sp³-hybridized carbons (Fsp3) is 1.00. The van der Waals surface area contributed by atoms with Crippen molar-refractivity contribution in [2.45, 2.75) is 27.8 Å². The molecule has 54 valence electrons. The monoisotopic (exact) mass is 318 g/mol. The van der Waals surface area contributed by atoms with E-state index in [0.717, 1.165) is 5.92 Å². The largest absolute Gasteiger partial charge is 0.137 e. The zero-order valence-corrected chi connectivity index (χ0v) is 9.80. The molecule has 1 saturated carbocycles. The van der Waals surface area contributed by atoms with Gasteiger partial charge in [0.25, 0.3) is 0 Å². The third-order valence-electron chi connectivity index (χ3n) is 1.82. The molecule has 0 heterocycles. The summed E-state index contributed by atoms with van der Waals surface area (Å²) in [7, 11) is 0. The first-order chi connectivity index (χ1) is 4.11. The molecule has 1 fully saturated rings. The SMILES string of the molecule is BrC(Br)(Br)C1CCCC1. The van der Waals surface area contributed by atoms with E-state index in [0.29, 0.717) is 0 Å². The quantitative estimate of drug-likeness (QED) is 0.591. The van der Waals surface area contributed by atoms with Crippen LogP contribution in [0, 0.1) is 5.92 Å². The molecule has 1 rings (SSSR count). The van der Waals surface area contributed by atoms with Gasteiger partial charge in [0, 0.05) is 0 Å². The van der Waals surface area contributed by atoms with Gasteiger partial charge in [-0.1, -0.05) is 60.6 Å². The molecule has 0 N–H and O–H groups in total. The molecule has 0 radical (unpaired) electrons. The summed E-state index contributed by atoms with van der Waals surface area (Å²) in [5.74, 6) is 0.762. The van der Waals surface area contributed by atoms with Gasteiger partial charge < -0.3 is 0 Å². The van der Waals surface area contributed by atoms with E-state index in [1.165, 1.54) is 25.7 Å². The number of hydrogen-bond acceptors (Lipinski definition) is 0. The van der Waals surface area contributed by atoms with Crippen molar-refractivity contribution in [1.29, 1.82) is 0 Å². The van der Waals surface area contributed by atoms with Crippen LogP contribution in [-0.4, -0.2) is 2.14 Å². The summed E-state index contributed by atoms with van der Waals surface area (Å²) in [5, 5.41) is 0. The van der Waals surface area contributed by atoms with E-state index < -0.39 is 0 Å². The second-order valence-corrected chi connectivity index (χ2v) is 9.47. The van der Waals surface area contributed by atoms with Crippen LogP contribution in [-0.2, 0) is 0 Å². The van der Waals surface area contributed by atoms with E-state index >= 15 is 0 Å². The summed E-state index contributed by atoms with van der Waals surface area (Å²) in [6.07, 6.45) is 5.44. The molecule has 0 saturated heterocycles. The lowest BCUT2D eigenvalue weighted by molar-refractivity contribution is 0.594. The Hall–Kier alpha value is 1.44. The van der Waals surface area contributed by atoms with Crippen molar-refractivity contribution in [3.63, 3.8) is 0 Å². The summed E-state index contributed by atoms with van der Waals surface area (Å²) in [5.41, 5.74) is 0. The Kier molecular flexibility index (Phi) is 3.06. The van der Waals surface area contributed by atoms with E-state index in [-0.39, 0.29) is 2.14 Å². The highest BCUT2D eigenvalue weighted by Crippen LogP contribution is 2.48. The maximum absolute atomic E-state index is 3.54. The minimum absolute atomic E-state index is 0.0174. The molecule has 0 nitrogen and oxygen atoms in total. The van der Waals surface area contributed by atoms with Crippen LogP contribution in [0.2, 0.25) is 0 Å². The lowest BCUT2D eigenvalue weighted by Crippen LogP contribution is -2.12. The highest BCUT2D eigenvalue weighted by Gasteiger charge is 2.32. The first-order valence-corrected chi connectivity index (χ1v) is 5.55. The zero-order valence-electron chi connectivity index (χ0n) is 5.04. The molecule has 3 heteroatoms. The fourth-order valence-electron chi connectivity index (χ4n) is 1.25. The van der Waals surface area contributed by atoms with E-state index in [9.17, 15) is 0 Å². The van der Waals surface area contributed by atoms with Gasteiger partial charge in [-0.15, -0.1) is 0 Å². The molecule has 9 heavy (non-hydrogen) atoms. The number of alkyl halides is 3. The molecule has 0 aromatic rings. The minimum Gasteiger partial charge on any atom is -0.0596 e. The summed E-state index contributed by atoms with van der Waals surface area (Å²) in [4.78, 5) is 0. The summed E-state index contributed by atoms with van der Waals surface area (Å²) in [6.45, 7) is 0. The van der Waals surface area contributed by atoms with Gasteiger partial charge in [0.15, 0.2) is 0 Å². The van der Waals surface area contributed by atoms with Gasteiger partial charge in [0.1, 0.15) is 2.14 Å². The topological polar surface area (TPSA) is 0 Å². The molecule has 0 atom stereocenters. The number of halogens is 3. The molecule has 0 aliphatic heterocycles. The maximum Gasteiger partial charge on any atom is 0.137 e. The second kappa shape index (κ2) is 3.22. The predicted molar refractivity (Wildman–Crippen MR) is 51.5 cm³/mol. The smallest absolute Gasteiger partial charge is 0.0596 e. The van der Waals surface area contributed by atoms with Gasteiger partial charge >= 0.3 is 0 Å². The van der Waals surface area contributed by atoms with E-state index in [4.69, 9.17) is 0 Å². The van der Waals surface area contributed by atoms with E-state index in [1.807, 2.05) is 0 Å². The Morgan fingerprint density at radius 2 is 1.44 bits per heavy atom. The first-order valence-electron chi connectivity index (χ1n) is 3.17. The molecular weight excluding hydrogens is 312 g/mol. The van der Waals surface area contributed by atoms with Crippen molar-refractivity contribution in [3.8, 4) is 0 Å². The molecule has 0 spiro atoms. The Bertz CT molecular complexity index is 89.0. The first kappa shape index (κ1) is 8.54. The molecule has 0 unspecified atom stereocenters. The minimum atomic E-state index is 0.0174. The van der Waals surface area contributed by atoms with Crippen molar-refractivity contribution in [3.05, 3.63) is 0 Å². The third-order valence-corrected chi connectivity index (χ3v) is 3.76. The number of rotatable bonds is 0. The van der Waals surface area contributed by atoms with Crippen molar-refractivity contribution in [2.75, 3.05) is 0 Å². The summed E-state index contributed by atoms with van der Waals surface area (Å²) in [6, 6.07) is 0. The van der Waals surface area contributed by atoms with Crippen LogP contribution in [0.1, 0.15) is 25.7 Å². The zero-order chi connectivity index (χ0) is 6.91. The van der Waals surface area contributed by atoms with Crippen LogP contribution >= 0.6 is 47.8 Å².